The summed E-state index contributed by atoms with van der Waals surface area (Å²) in [4.78, 5) is 2.27. The van der Waals surface area contributed by atoms with E-state index in [0.29, 0.717) is 16.5 Å². The van der Waals surface area contributed by atoms with E-state index in [0.717, 1.165) is 76.9 Å². The standard InChI is InChI=1S/C48H31BrClNO2/c49-36-21-23-38(24-22-36)51(48-42(33-10-3-1-4-11-33)15-9-16-43(48)34-12-5-2-6-13-34)39-29-37(50)30-41(31-39)52-40-25-18-32(19-26-40)35-20-27-45-44-14-7-8-17-46(44)53-47(45)28-35/h1-31H. The first-order valence-electron chi connectivity index (χ1n) is 17.4. The van der Waals surface area contributed by atoms with E-state index in [2.05, 4.69) is 148 Å². The van der Waals surface area contributed by atoms with Crippen LogP contribution in [0.2, 0.25) is 5.02 Å². The second-order valence-corrected chi connectivity index (χ2v) is 14.2. The van der Waals surface area contributed by atoms with Crippen LogP contribution in [0.15, 0.2) is 197 Å². The van der Waals surface area contributed by atoms with Gasteiger partial charge in [0.2, 0.25) is 0 Å². The lowest BCUT2D eigenvalue weighted by Crippen LogP contribution is -2.13. The van der Waals surface area contributed by atoms with E-state index in [1.54, 1.807) is 0 Å². The predicted molar refractivity (Wildman–Crippen MR) is 224 cm³/mol. The molecule has 0 aliphatic heterocycles. The van der Waals surface area contributed by atoms with E-state index in [-0.39, 0.29) is 0 Å². The average molecular weight is 769 g/mol. The van der Waals surface area contributed by atoms with Crippen molar-refractivity contribution in [3.8, 4) is 44.9 Å². The van der Waals surface area contributed by atoms with Crippen molar-refractivity contribution in [1.82, 2.24) is 0 Å². The lowest BCUT2D eigenvalue weighted by molar-refractivity contribution is 0.483. The summed E-state index contributed by atoms with van der Waals surface area (Å²) in [6, 6.07) is 64.3. The number of rotatable bonds is 8. The zero-order valence-electron chi connectivity index (χ0n) is 28.4. The first-order chi connectivity index (χ1) is 26.1. The number of halogens is 2. The quantitative estimate of drug-likeness (QED) is 0.154. The van der Waals surface area contributed by atoms with Gasteiger partial charge in [0.25, 0.3) is 0 Å². The van der Waals surface area contributed by atoms with Crippen LogP contribution in [0.3, 0.4) is 0 Å². The van der Waals surface area contributed by atoms with Gasteiger partial charge in [0.15, 0.2) is 0 Å². The molecule has 0 fully saturated rings. The van der Waals surface area contributed by atoms with Crippen molar-refractivity contribution in [2.75, 3.05) is 4.90 Å². The fraction of sp³-hybridized carbons (Fsp3) is 0. The van der Waals surface area contributed by atoms with Gasteiger partial charge in [-0.15, -0.1) is 0 Å². The summed E-state index contributed by atoms with van der Waals surface area (Å²) in [5.41, 5.74) is 11.2. The Morgan fingerprint density at radius 1 is 0.453 bits per heavy atom. The monoisotopic (exact) mass is 767 g/mol. The molecule has 0 bridgehead atoms. The van der Waals surface area contributed by atoms with Crippen LogP contribution >= 0.6 is 27.5 Å². The topological polar surface area (TPSA) is 25.6 Å². The Kier molecular flexibility index (Phi) is 8.76. The summed E-state index contributed by atoms with van der Waals surface area (Å²) in [7, 11) is 0. The minimum atomic E-state index is 0.564. The Morgan fingerprint density at radius 3 is 1.77 bits per heavy atom. The smallest absolute Gasteiger partial charge is 0.136 e. The van der Waals surface area contributed by atoms with Crippen molar-refractivity contribution in [3.63, 3.8) is 0 Å². The fourth-order valence-corrected chi connectivity index (χ4v) is 7.46. The largest absolute Gasteiger partial charge is 0.457 e. The molecule has 0 saturated heterocycles. The van der Waals surface area contributed by atoms with Crippen molar-refractivity contribution < 1.29 is 9.15 Å². The van der Waals surface area contributed by atoms with Crippen LogP contribution in [-0.2, 0) is 0 Å². The Balaban J connectivity index is 1.12. The average Bonchev–Trinajstić information content (AvgIpc) is 3.58. The van der Waals surface area contributed by atoms with Gasteiger partial charge in [-0.1, -0.05) is 143 Å². The Hall–Kier alpha value is -6.07. The van der Waals surface area contributed by atoms with Gasteiger partial charge in [0, 0.05) is 43.1 Å². The third-order valence-electron chi connectivity index (χ3n) is 9.43. The predicted octanol–water partition coefficient (Wildman–Crippen LogP) is 15.3. The second-order valence-electron chi connectivity index (χ2n) is 12.8. The highest BCUT2D eigenvalue weighted by Gasteiger charge is 2.23. The Bertz CT molecular complexity index is 2650. The molecule has 0 saturated carbocycles. The molecule has 254 valence electrons. The number of para-hydroxylation sites is 2. The highest BCUT2D eigenvalue weighted by atomic mass is 79.9. The molecule has 9 aromatic rings. The zero-order chi connectivity index (χ0) is 35.7. The lowest BCUT2D eigenvalue weighted by atomic mass is 9.94. The molecule has 5 heteroatoms. The highest BCUT2D eigenvalue weighted by Crippen LogP contribution is 2.48. The molecule has 1 heterocycles. The minimum absolute atomic E-state index is 0.564. The van der Waals surface area contributed by atoms with E-state index < -0.39 is 0 Å². The van der Waals surface area contributed by atoms with E-state index in [1.165, 1.54) is 0 Å². The molecule has 1 aromatic heterocycles. The van der Waals surface area contributed by atoms with Gasteiger partial charge < -0.3 is 14.1 Å². The first-order valence-corrected chi connectivity index (χ1v) is 18.5. The Morgan fingerprint density at radius 2 is 1.08 bits per heavy atom. The van der Waals surface area contributed by atoms with E-state index >= 15 is 0 Å². The molecular weight excluding hydrogens is 738 g/mol. The van der Waals surface area contributed by atoms with Crippen LogP contribution in [0.1, 0.15) is 0 Å². The van der Waals surface area contributed by atoms with E-state index in [1.807, 2.05) is 60.7 Å². The molecule has 0 N–H and O–H groups in total. The maximum absolute atomic E-state index is 6.93. The molecule has 53 heavy (non-hydrogen) atoms. The number of benzene rings is 8. The molecular formula is C48H31BrClNO2. The number of anilines is 3. The Labute approximate surface area is 321 Å². The molecule has 0 aliphatic carbocycles. The SMILES string of the molecule is Clc1cc(Oc2ccc(-c3ccc4c(c3)oc3ccccc34)cc2)cc(N(c2ccc(Br)cc2)c2c(-c3ccccc3)cccc2-c2ccccc2)c1. The van der Waals surface area contributed by atoms with Crippen molar-refractivity contribution in [1.29, 1.82) is 0 Å². The third kappa shape index (κ3) is 6.60. The van der Waals surface area contributed by atoms with Crippen LogP contribution in [-0.4, -0.2) is 0 Å². The molecule has 8 aromatic carbocycles. The molecule has 0 aliphatic rings. The van der Waals surface area contributed by atoms with Gasteiger partial charge in [-0.2, -0.15) is 0 Å². The summed E-state index contributed by atoms with van der Waals surface area (Å²) in [5, 5.41) is 2.80. The number of fused-ring (bicyclic) bond motifs is 3. The minimum Gasteiger partial charge on any atom is -0.457 e. The molecule has 0 atom stereocenters. The second kappa shape index (κ2) is 14.2. The van der Waals surface area contributed by atoms with Gasteiger partial charge >= 0.3 is 0 Å². The van der Waals surface area contributed by atoms with Gasteiger partial charge in [0.1, 0.15) is 22.7 Å². The van der Waals surface area contributed by atoms with Gasteiger partial charge in [0.05, 0.1) is 11.4 Å². The molecule has 9 rings (SSSR count). The third-order valence-corrected chi connectivity index (χ3v) is 10.2. The number of hydrogen-bond donors (Lipinski definition) is 0. The molecule has 0 spiro atoms. The zero-order valence-corrected chi connectivity index (χ0v) is 30.8. The summed E-state index contributed by atoms with van der Waals surface area (Å²) in [6.45, 7) is 0. The van der Waals surface area contributed by atoms with Crippen LogP contribution in [0.25, 0.3) is 55.3 Å². The normalized spacial score (nSPS) is 11.2. The van der Waals surface area contributed by atoms with Gasteiger partial charge in [-0.3, -0.25) is 0 Å². The first kappa shape index (κ1) is 32.8. The highest BCUT2D eigenvalue weighted by molar-refractivity contribution is 9.10. The van der Waals surface area contributed by atoms with Crippen molar-refractivity contribution in [3.05, 3.63) is 198 Å². The molecule has 3 nitrogen and oxygen atoms in total. The van der Waals surface area contributed by atoms with Crippen LogP contribution < -0.4 is 9.64 Å². The number of hydrogen-bond acceptors (Lipinski definition) is 3. The van der Waals surface area contributed by atoms with E-state index in [9.17, 15) is 0 Å². The van der Waals surface area contributed by atoms with E-state index in [4.69, 9.17) is 20.8 Å². The van der Waals surface area contributed by atoms with Gasteiger partial charge in [-0.05, 0) is 89.0 Å². The van der Waals surface area contributed by atoms with Crippen molar-refractivity contribution in [2.45, 2.75) is 0 Å². The maximum atomic E-state index is 6.93. The summed E-state index contributed by atoms with van der Waals surface area (Å²) in [5.74, 6) is 1.33. The van der Waals surface area contributed by atoms with Crippen LogP contribution in [0.5, 0.6) is 11.5 Å². The number of furan rings is 1. The molecule has 0 radical (unpaired) electrons. The number of nitrogens with zero attached hydrogens (tertiary/aromatic N) is 1. The molecule has 0 unspecified atom stereocenters. The van der Waals surface area contributed by atoms with Crippen LogP contribution in [0, 0.1) is 0 Å². The van der Waals surface area contributed by atoms with Crippen molar-refractivity contribution >= 4 is 66.5 Å². The summed E-state index contributed by atoms with van der Waals surface area (Å²) >= 11 is 10.6. The lowest BCUT2D eigenvalue weighted by Gasteiger charge is -2.31. The number of ether oxygens (including phenoxy) is 1. The maximum Gasteiger partial charge on any atom is 0.136 e. The fourth-order valence-electron chi connectivity index (χ4n) is 6.98. The molecule has 0 amide bonds. The van der Waals surface area contributed by atoms with Gasteiger partial charge in [-0.25, -0.2) is 0 Å². The van der Waals surface area contributed by atoms with Crippen LogP contribution in [0.4, 0.5) is 17.1 Å². The summed E-state index contributed by atoms with van der Waals surface area (Å²) in [6.07, 6.45) is 0. The van der Waals surface area contributed by atoms with Crippen molar-refractivity contribution in [2.24, 2.45) is 0 Å². The summed E-state index contributed by atoms with van der Waals surface area (Å²) < 4.78 is 13.7.